The second-order valence-corrected chi connectivity index (χ2v) is 5.16. The molecule has 3 unspecified atom stereocenters. The van der Waals surface area contributed by atoms with Crippen LogP contribution >= 0.6 is 0 Å². The number of likely N-dealkylation sites (tertiary alicyclic amines) is 1. The van der Waals surface area contributed by atoms with Crippen LogP contribution in [0.25, 0.3) is 0 Å². The molecule has 2 fully saturated rings. The van der Waals surface area contributed by atoms with E-state index in [1.165, 1.54) is 0 Å². The Morgan fingerprint density at radius 2 is 2.24 bits per heavy atom. The number of β-amino-alcohol motifs (C(OH)–C–C–N with tert-alkyl or cyclic N) is 1. The Morgan fingerprint density at radius 1 is 1.47 bits per heavy atom. The molecule has 0 aromatic carbocycles. The summed E-state index contributed by atoms with van der Waals surface area (Å²) in [5, 5.41) is 12.5. The van der Waals surface area contributed by atoms with Crippen molar-refractivity contribution >= 4 is 11.8 Å². The SMILES string of the molecule is CC1CCN(C(=O)C2CCC(=O)NC2)CC1O. The molecule has 5 heteroatoms. The van der Waals surface area contributed by atoms with Gasteiger partial charge >= 0.3 is 0 Å². The fourth-order valence-electron chi connectivity index (χ4n) is 2.45. The predicted molar refractivity (Wildman–Crippen MR) is 62.1 cm³/mol. The molecule has 2 N–H and O–H groups in total. The Balaban J connectivity index is 1.89. The van der Waals surface area contributed by atoms with Gasteiger partial charge in [0.1, 0.15) is 0 Å². The lowest BCUT2D eigenvalue weighted by molar-refractivity contribution is -0.141. The number of rotatable bonds is 1. The van der Waals surface area contributed by atoms with Crippen LogP contribution in [0.4, 0.5) is 0 Å². The molecule has 2 rings (SSSR count). The second kappa shape index (κ2) is 5.04. The molecule has 3 atom stereocenters. The highest BCUT2D eigenvalue weighted by Gasteiger charge is 2.32. The molecule has 17 heavy (non-hydrogen) atoms. The maximum atomic E-state index is 12.2. The number of hydrogen-bond donors (Lipinski definition) is 2. The van der Waals surface area contributed by atoms with Gasteiger partial charge in [0.25, 0.3) is 0 Å². The molecule has 2 saturated heterocycles. The molecule has 0 saturated carbocycles. The van der Waals surface area contributed by atoms with Gasteiger partial charge in [-0.05, 0) is 18.8 Å². The lowest BCUT2D eigenvalue weighted by atomic mass is 9.93. The summed E-state index contributed by atoms with van der Waals surface area (Å²) in [7, 11) is 0. The van der Waals surface area contributed by atoms with Crippen molar-refractivity contribution in [1.82, 2.24) is 10.2 Å². The first-order valence-electron chi connectivity index (χ1n) is 6.31. The quantitative estimate of drug-likeness (QED) is 0.663. The zero-order chi connectivity index (χ0) is 12.4. The number of carbonyl (C=O) groups is 2. The van der Waals surface area contributed by atoms with Gasteiger partial charge < -0.3 is 15.3 Å². The zero-order valence-electron chi connectivity index (χ0n) is 10.2. The fourth-order valence-corrected chi connectivity index (χ4v) is 2.45. The van der Waals surface area contributed by atoms with Crippen molar-refractivity contribution < 1.29 is 14.7 Å². The number of aliphatic hydroxyl groups is 1. The smallest absolute Gasteiger partial charge is 0.227 e. The van der Waals surface area contributed by atoms with E-state index in [-0.39, 0.29) is 23.7 Å². The van der Waals surface area contributed by atoms with E-state index in [0.29, 0.717) is 25.9 Å². The van der Waals surface area contributed by atoms with Crippen molar-refractivity contribution in [2.45, 2.75) is 32.3 Å². The number of piperidine rings is 2. The van der Waals surface area contributed by atoms with E-state index in [4.69, 9.17) is 0 Å². The van der Waals surface area contributed by atoms with Gasteiger partial charge in [-0.25, -0.2) is 0 Å². The first kappa shape index (κ1) is 12.4. The Bertz CT molecular complexity index is 309. The minimum absolute atomic E-state index is 0.0290. The van der Waals surface area contributed by atoms with Crippen LogP contribution in [0.1, 0.15) is 26.2 Å². The third-order valence-electron chi connectivity index (χ3n) is 3.85. The van der Waals surface area contributed by atoms with E-state index >= 15 is 0 Å². The number of nitrogens with zero attached hydrogens (tertiary/aromatic N) is 1. The van der Waals surface area contributed by atoms with Crippen LogP contribution in [0.15, 0.2) is 0 Å². The summed E-state index contributed by atoms with van der Waals surface area (Å²) in [6, 6.07) is 0. The summed E-state index contributed by atoms with van der Waals surface area (Å²) in [4.78, 5) is 24.9. The molecule has 96 valence electrons. The standard InChI is InChI=1S/C12H20N2O3/c1-8-4-5-14(7-10(8)15)12(17)9-2-3-11(16)13-6-9/h8-10,15H,2-7H2,1H3,(H,13,16). The summed E-state index contributed by atoms with van der Waals surface area (Å²) < 4.78 is 0. The van der Waals surface area contributed by atoms with E-state index in [0.717, 1.165) is 13.0 Å². The van der Waals surface area contributed by atoms with Crippen molar-refractivity contribution in [2.75, 3.05) is 19.6 Å². The third-order valence-corrected chi connectivity index (χ3v) is 3.85. The Morgan fingerprint density at radius 3 is 2.82 bits per heavy atom. The molecule has 5 nitrogen and oxygen atoms in total. The van der Waals surface area contributed by atoms with Gasteiger partial charge in [0.05, 0.1) is 12.0 Å². The van der Waals surface area contributed by atoms with Crippen LogP contribution in [-0.4, -0.2) is 47.6 Å². The van der Waals surface area contributed by atoms with Crippen molar-refractivity contribution in [2.24, 2.45) is 11.8 Å². The normalized spacial score (nSPS) is 34.4. The summed E-state index contributed by atoms with van der Waals surface area (Å²) in [6.07, 6.45) is 1.51. The number of nitrogens with one attached hydrogen (secondary N) is 1. The Labute approximate surface area is 101 Å². The van der Waals surface area contributed by atoms with E-state index < -0.39 is 6.10 Å². The maximum Gasteiger partial charge on any atom is 0.227 e. The van der Waals surface area contributed by atoms with E-state index in [1.54, 1.807) is 4.90 Å². The van der Waals surface area contributed by atoms with Crippen LogP contribution in [0, 0.1) is 11.8 Å². The highest BCUT2D eigenvalue weighted by molar-refractivity contribution is 5.83. The predicted octanol–water partition coefficient (Wildman–Crippen LogP) is -0.258. The number of hydrogen-bond acceptors (Lipinski definition) is 3. The van der Waals surface area contributed by atoms with Gasteiger partial charge in [0.15, 0.2) is 0 Å². The first-order valence-corrected chi connectivity index (χ1v) is 6.31. The van der Waals surface area contributed by atoms with Gasteiger partial charge in [0, 0.05) is 26.1 Å². The highest BCUT2D eigenvalue weighted by atomic mass is 16.3. The molecule has 0 radical (unpaired) electrons. The Kier molecular flexibility index (Phi) is 3.66. The van der Waals surface area contributed by atoms with Crippen LogP contribution in [0.3, 0.4) is 0 Å². The van der Waals surface area contributed by atoms with Crippen LogP contribution in [-0.2, 0) is 9.59 Å². The lowest BCUT2D eigenvalue weighted by Gasteiger charge is -2.37. The van der Waals surface area contributed by atoms with Gasteiger partial charge in [-0.3, -0.25) is 9.59 Å². The molecule has 0 aliphatic carbocycles. The van der Waals surface area contributed by atoms with Crippen LogP contribution < -0.4 is 5.32 Å². The fraction of sp³-hybridized carbons (Fsp3) is 0.833. The molecule has 2 amide bonds. The van der Waals surface area contributed by atoms with Crippen molar-refractivity contribution in [3.63, 3.8) is 0 Å². The average Bonchev–Trinajstić information content (AvgIpc) is 2.33. The third kappa shape index (κ3) is 2.77. The van der Waals surface area contributed by atoms with Gasteiger partial charge in [0.2, 0.25) is 11.8 Å². The molecule has 0 aromatic rings. The monoisotopic (exact) mass is 240 g/mol. The summed E-state index contributed by atoms with van der Waals surface area (Å²) in [5.74, 6) is 0.274. The summed E-state index contributed by atoms with van der Waals surface area (Å²) in [6.45, 7) is 3.61. The Hall–Kier alpha value is -1.10. The number of amides is 2. The highest BCUT2D eigenvalue weighted by Crippen LogP contribution is 2.21. The molecule has 2 aliphatic heterocycles. The van der Waals surface area contributed by atoms with Gasteiger partial charge in [-0.2, -0.15) is 0 Å². The molecular formula is C12H20N2O3. The van der Waals surface area contributed by atoms with Crippen molar-refractivity contribution in [3.05, 3.63) is 0 Å². The second-order valence-electron chi connectivity index (χ2n) is 5.16. The van der Waals surface area contributed by atoms with Crippen molar-refractivity contribution in [1.29, 1.82) is 0 Å². The van der Waals surface area contributed by atoms with Crippen molar-refractivity contribution in [3.8, 4) is 0 Å². The minimum atomic E-state index is -0.411. The largest absolute Gasteiger partial charge is 0.391 e. The minimum Gasteiger partial charge on any atom is -0.391 e. The maximum absolute atomic E-state index is 12.2. The molecule has 0 spiro atoms. The van der Waals surface area contributed by atoms with Crippen LogP contribution in [0.5, 0.6) is 0 Å². The molecule has 2 aliphatic rings. The zero-order valence-corrected chi connectivity index (χ0v) is 10.2. The average molecular weight is 240 g/mol. The molecule has 0 bridgehead atoms. The van der Waals surface area contributed by atoms with E-state index in [9.17, 15) is 14.7 Å². The summed E-state index contributed by atoms with van der Waals surface area (Å²) in [5.41, 5.74) is 0. The van der Waals surface area contributed by atoms with E-state index in [1.807, 2.05) is 6.92 Å². The molecular weight excluding hydrogens is 220 g/mol. The summed E-state index contributed by atoms with van der Waals surface area (Å²) >= 11 is 0. The van der Waals surface area contributed by atoms with Gasteiger partial charge in [-0.15, -0.1) is 0 Å². The first-order chi connectivity index (χ1) is 8.08. The topological polar surface area (TPSA) is 69.6 Å². The lowest BCUT2D eigenvalue weighted by Crippen LogP contribution is -2.50. The molecule has 2 heterocycles. The van der Waals surface area contributed by atoms with Crippen LogP contribution in [0.2, 0.25) is 0 Å². The molecule has 0 aromatic heterocycles. The number of aliphatic hydroxyl groups excluding tert-OH is 1. The van der Waals surface area contributed by atoms with Gasteiger partial charge in [-0.1, -0.05) is 6.92 Å². The van der Waals surface area contributed by atoms with E-state index in [2.05, 4.69) is 5.32 Å². The number of carbonyl (C=O) groups excluding carboxylic acids is 2.